The molecule has 22 heavy (non-hydrogen) atoms. The van der Waals surface area contributed by atoms with Gasteiger partial charge in [0, 0.05) is 0 Å². The summed E-state index contributed by atoms with van der Waals surface area (Å²) < 4.78 is 5.10. The van der Waals surface area contributed by atoms with E-state index >= 15 is 0 Å². The average molecular weight is 314 g/mol. The van der Waals surface area contributed by atoms with Gasteiger partial charge in [0.25, 0.3) is 0 Å². The fourth-order valence-corrected chi connectivity index (χ4v) is 3.14. The van der Waals surface area contributed by atoms with E-state index in [2.05, 4.69) is 6.58 Å². The van der Waals surface area contributed by atoms with Gasteiger partial charge in [-0.05, 0) is 42.9 Å². The van der Waals surface area contributed by atoms with E-state index in [0.29, 0.717) is 4.90 Å². The van der Waals surface area contributed by atoms with Crippen LogP contribution in [0.25, 0.3) is 11.1 Å². The van der Waals surface area contributed by atoms with Gasteiger partial charge in [0.15, 0.2) is 0 Å². The van der Waals surface area contributed by atoms with Gasteiger partial charge in [-0.25, -0.2) is 4.79 Å². The summed E-state index contributed by atoms with van der Waals surface area (Å²) in [5, 5.41) is 12.3. The Bertz CT molecular complexity index is 777. The number of benzene rings is 1. The van der Waals surface area contributed by atoms with Crippen molar-refractivity contribution in [2.24, 2.45) is 0 Å². The monoisotopic (exact) mass is 314 g/mol. The van der Waals surface area contributed by atoms with E-state index in [4.69, 9.17) is 4.42 Å². The summed E-state index contributed by atoms with van der Waals surface area (Å²) in [6.45, 7) is 9.43. The molecule has 1 aromatic carbocycles. The lowest BCUT2D eigenvalue weighted by Gasteiger charge is -2.13. The Morgan fingerprint density at radius 3 is 2.41 bits per heavy atom. The molecule has 3 nitrogen and oxygen atoms in total. The van der Waals surface area contributed by atoms with Crippen molar-refractivity contribution in [2.45, 2.75) is 25.7 Å². The molecule has 4 heteroatoms. The molecule has 0 saturated heterocycles. The molecule has 0 amide bonds. The lowest BCUT2D eigenvalue weighted by molar-refractivity contribution is 0.431. The molecule has 0 aliphatic carbocycles. The van der Waals surface area contributed by atoms with Gasteiger partial charge in [0.05, 0.1) is 4.90 Å². The summed E-state index contributed by atoms with van der Waals surface area (Å²) in [7, 11) is 0. The van der Waals surface area contributed by atoms with Crippen molar-refractivity contribution in [3.8, 4) is 16.9 Å². The lowest BCUT2D eigenvalue weighted by Crippen LogP contribution is -2.06. The molecule has 2 aromatic rings. The van der Waals surface area contributed by atoms with Crippen LogP contribution in [0.4, 0.5) is 0 Å². The van der Waals surface area contributed by atoms with E-state index in [0.717, 1.165) is 22.3 Å². The Kier molecular flexibility index (Phi) is 4.93. The van der Waals surface area contributed by atoms with Gasteiger partial charge in [-0.15, -0.1) is 0 Å². The highest BCUT2D eigenvalue weighted by Crippen LogP contribution is 2.38. The van der Waals surface area contributed by atoms with Crippen LogP contribution in [0.5, 0.6) is 5.75 Å². The topological polar surface area (TPSA) is 50.4 Å². The quantitative estimate of drug-likeness (QED) is 0.655. The molecular formula is C18H18O3S. The summed E-state index contributed by atoms with van der Waals surface area (Å²) in [6, 6.07) is 3.97. The SMILES string of the molecule is C=C/C=C/Sc1coc(=O)c(-c2c(C)cc(C)cc2C)c1O. The smallest absolute Gasteiger partial charge is 0.347 e. The van der Waals surface area contributed by atoms with E-state index < -0.39 is 5.63 Å². The number of aryl methyl sites for hydroxylation is 3. The first-order valence-electron chi connectivity index (χ1n) is 6.83. The van der Waals surface area contributed by atoms with Crippen LogP contribution in [0.3, 0.4) is 0 Å². The minimum absolute atomic E-state index is 0.0509. The third kappa shape index (κ3) is 3.17. The van der Waals surface area contributed by atoms with E-state index in [1.54, 1.807) is 17.6 Å². The van der Waals surface area contributed by atoms with Crippen LogP contribution in [0.15, 0.2) is 56.6 Å². The molecular weight excluding hydrogens is 296 g/mol. The van der Waals surface area contributed by atoms with Gasteiger partial charge in [-0.3, -0.25) is 0 Å². The van der Waals surface area contributed by atoms with Crippen molar-refractivity contribution in [3.63, 3.8) is 0 Å². The minimum atomic E-state index is -0.537. The molecule has 114 valence electrons. The molecule has 0 saturated carbocycles. The highest BCUT2D eigenvalue weighted by atomic mass is 32.2. The lowest BCUT2D eigenvalue weighted by atomic mass is 9.94. The van der Waals surface area contributed by atoms with E-state index in [1.807, 2.05) is 32.9 Å². The first kappa shape index (κ1) is 16.2. The zero-order chi connectivity index (χ0) is 16.3. The molecule has 0 atom stereocenters. The Labute approximate surface area is 134 Å². The Morgan fingerprint density at radius 2 is 1.82 bits per heavy atom. The van der Waals surface area contributed by atoms with Crippen LogP contribution in [-0.2, 0) is 0 Å². The maximum absolute atomic E-state index is 12.1. The Morgan fingerprint density at radius 1 is 1.18 bits per heavy atom. The number of hydrogen-bond donors (Lipinski definition) is 1. The zero-order valence-electron chi connectivity index (χ0n) is 12.8. The number of thioether (sulfide) groups is 1. The molecule has 1 N–H and O–H groups in total. The molecule has 0 radical (unpaired) electrons. The van der Waals surface area contributed by atoms with Crippen LogP contribution in [0, 0.1) is 20.8 Å². The predicted octanol–water partition coefficient (Wildman–Crippen LogP) is 4.73. The number of aromatic hydroxyl groups is 1. The van der Waals surface area contributed by atoms with E-state index in [9.17, 15) is 9.90 Å². The van der Waals surface area contributed by atoms with Crippen LogP contribution >= 0.6 is 11.8 Å². The third-order valence-corrected chi connectivity index (χ3v) is 4.12. The van der Waals surface area contributed by atoms with E-state index in [1.165, 1.54) is 18.0 Å². The van der Waals surface area contributed by atoms with Crippen LogP contribution in [-0.4, -0.2) is 5.11 Å². The second-order valence-electron chi connectivity index (χ2n) is 5.07. The molecule has 0 spiro atoms. The summed E-state index contributed by atoms with van der Waals surface area (Å²) >= 11 is 1.27. The van der Waals surface area contributed by atoms with Crippen molar-refractivity contribution in [3.05, 3.63) is 69.6 Å². The van der Waals surface area contributed by atoms with Crippen LogP contribution in [0.2, 0.25) is 0 Å². The van der Waals surface area contributed by atoms with Gasteiger partial charge in [0.1, 0.15) is 17.6 Å². The Balaban J connectivity index is 2.66. The number of allylic oxidation sites excluding steroid dienone is 2. The van der Waals surface area contributed by atoms with Gasteiger partial charge in [-0.1, -0.05) is 48.2 Å². The molecule has 0 bridgehead atoms. The Hall–Kier alpha value is -2.20. The second-order valence-corrected chi connectivity index (χ2v) is 6.01. The highest BCUT2D eigenvalue weighted by molar-refractivity contribution is 8.02. The molecule has 0 fully saturated rings. The zero-order valence-corrected chi connectivity index (χ0v) is 13.7. The first-order valence-corrected chi connectivity index (χ1v) is 7.71. The first-order chi connectivity index (χ1) is 10.5. The summed E-state index contributed by atoms with van der Waals surface area (Å²) in [5.74, 6) is -0.0509. The van der Waals surface area contributed by atoms with Gasteiger partial charge in [-0.2, -0.15) is 0 Å². The van der Waals surface area contributed by atoms with Crippen LogP contribution < -0.4 is 5.63 Å². The standard InChI is InChI=1S/C18H18O3S/c1-5-6-7-22-14-10-21-18(20)16(17(14)19)15-12(3)8-11(2)9-13(15)4/h5-10,19H,1H2,2-4H3/b7-6+. The second kappa shape index (κ2) is 6.71. The van der Waals surface area contributed by atoms with Crippen molar-refractivity contribution in [1.82, 2.24) is 0 Å². The molecule has 0 aliphatic rings. The normalized spacial score (nSPS) is 11.0. The number of rotatable bonds is 4. The summed E-state index contributed by atoms with van der Waals surface area (Å²) in [4.78, 5) is 12.6. The third-order valence-electron chi connectivity index (χ3n) is 3.28. The fraction of sp³-hybridized carbons (Fsp3) is 0.167. The van der Waals surface area contributed by atoms with Crippen molar-refractivity contribution in [2.75, 3.05) is 0 Å². The molecule has 1 heterocycles. The van der Waals surface area contributed by atoms with Crippen molar-refractivity contribution < 1.29 is 9.52 Å². The predicted molar refractivity (Wildman–Crippen MR) is 91.5 cm³/mol. The summed E-state index contributed by atoms with van der Waals surface area (Å²) in [5.41, 5.74) is 3.39. The van der Waals surface area contributed by atoms with Crippen LogP contribution in [0.1, 0.15) is 16.7 Å². The van der Waals surface area contributed by atoms with Crippen molar-refractivity contribution in [1.29, 1.82) is 0 Å². The molecule has 0 aliphatic heterocycles. The molecule has 2 rings (SSSR count). The minimum Gasteiger partial charge on any atom is -0.506 e. The molecule has 1 aromatic heterocycles. The van der Waals surface area contributed by atoms with Gasteiger partial charge >= 0.3 is 5.63 Å². The maximum atomic E-state index is 12.1. The summed E-state index contributed by atoms with van der Waals surface area (Å²) in [6.07, 6.45) is 4.66. The van der Waals surface area contributed by atoms with Crippen molar-refractivity contribution >= 4 is 11.8 Å². The highest BCUT2D eigenvalue weighted by Gasteiger charge is 2.19. The number of hydrogen-bond acceptors (Lipinski definition) is 4. The maximum Gasteiger partial charge on any atom is 0.347 e. The molecule has 0 unspecified atom stereocenters. The van der Waals surface area contributed by atoms with E-state index in [-0.39, 0.29) is 11.3 Å². The van der Waals surface area contributed by atoms with Gasteiger partial charge in [0.2, 0.25) is 0 Å². The fourth-order valence-electron chi connectivity index (χ4n) is 2.49. The average Bonchev–Trinajstić information content (AvgIpc) is 2.44. The largest absolute Gasteiger partial charge is 0.506 e. The van der Waals surface area contributed by atoms with Gasteiger partial charge < -0.3 is 9.52 Å².